The van der Waals surface area contributed by atoms with Crippen LogP contribution in [0.5, 0.6) is 0 Å². The Morgan fingerprint density at radius 2 is 1.32 bits per heavy atom. The molecule has 0 saturated carbocycles. The molecule has 0 saturated heterocycles. The van der Waals surface area contributed by atoms with Gasteiger partial charge in [-0.1, -0.05) is 31.9 Å². The number of ketones is 2. The second-order valence-electron chi connectivity index (χ2n) is 4.76. The summed E-state index contributed by atoms with van der Waals surface area (Å²) < 4.78 is 2.16. The third kappa shape index (κ3) is 15.7. The first kappa shape index (κ1) is 24.7. The van der Waals surface area contributed by atoms with E-state index in [-0.39, 0.29) is 17.4 Å². The summed E-state index contributed by atoms with van der Waals surface area (Å²) in [6, 6.07) is 15.7. The average Bonchev–Trinajstić information content (AvgIpc) is 2.58. The van der Waals surface area contributed by atoms with E-state index in [1.165, 1.54) is 6.92 Å². The van der Waals surface area contributed by atoms with Crippen LogP contribution in [0.3, 0.4) is 0 Å². The van der Waals surface area contributed by atoms with Crippen LogP contribution in [0.2, 0.25) is 0 Å². The molecule has 0 aliphatic rings. The Kier molecular flexibility index (Phi) is 14.7. The van der Waals surface area contributed by atoms with Crippen molar-refractivity contribution in [3.05, 3.63) is 57.5 Å². The van der Waals surface area contributed by atoms with Crippen LogP contribution >= 0.6 is 67.9 Å². The number of carbonyl (C=O) groups is 2. The summed E-state index contributed by atoms with van der Waals surface area (Å²) in [7, 11) is 0. The molecule has 0 aliphatic heterocycles. The first-order chi connectivity index (χ1) is 11.7. The number of alkyl halides is 1. The van der Waals surface area contributed by atoms with Crippen molar-refractivity contribution in [1.82, 2.24) is 0 Å². The van der Waals surface area contributed by atoms with Crippen LogP contribution in [-0.2, 0) is 9.59 Å². The third-order valence-corrected chi connectivity index (χ3v) is 5.16. The van der Waals surface area contributed by atoms with E-state index in [0.29, 0.717) is 5.75 Å². The third-order valence-electron chi connectivity index (χ3n) is 2.27. The number of thioether (sulfide) groups is 1. The van der Waals surface area contributed by atoms with Crippen LogP contribution in [0.25, 0.3) is 0 Å². The average molecular weight is 527 g/mol. The molecule has 0 bridgehead atoms. The summed E-state index contributed by atoms with van der Waals surface area (Å²) in [6.45, 7) is 3.05. The van der Waals surface area contributed by atoms with Gasteiger partial charge in [0.2, 0.25) is 0 Å². The second-order valence-corrected chi connectivity index (χ2v) is 8.42. The number of Topliss-reactive ketones (excluding diaryl/α,β-unsaturated/α-hetero) is 2. The fourth-order valence-corrected chi connectivity index (χ4v) is 2.53. The van der Waals surface area contributed by atoms with Gasteiger partial charge in [0.25, 0.3) is 0 Å². The number of hydrogen-bond donors (Lipinski definition) is 1. The van der Waals surface area contributed by atoms with Crippen LogP contribution in [0, 0.1) is 0 Å². The Balaban J connectivity index is 0.000000382. The highest BCUT2D eigenvalue weighted by Crippen LogP contribution is 2.20. The lowest BCUT2D eigenvalue weighted by Crippen LogP contribution is -1.92. The molecule has 0 spiro atoms. The molecular weight excluding hydrogens is 508 g/mol. The smallest absolute Gasteiger partial charge is 0.144 e. The summed E-state index contributed by atoms with van der Waals surface area (Å²) in [6.07, 6.45) is 0. The minimum absolute atomic E-state index is 0.0201. The minimum atomic E-state index is 0.0201. The van der Waals surface area contributed by atoms with E-state index in [2.05, 4.69) is 44.5 Å². The van der Waals surface area contributed by atoms with Gasteiger partial charge in [0.05, 0.1) is 11.6 Å². The predicted octanol–water partition coefficient (Wildman–Crippen LogP) is 6.68. The summed E-state index contributed by atoms with van der Waals surface area (Å²) in [4.78, 5) is 22.5. The van der Waals surface area contributed by atoms with E-state index < -0.39 is 0 Å². The largest absolute Gasteiger partial charge is 0.299 e. The highest BCUT2D eigenvalue weighted by atomic mass is 79.9. The van der Waals surface area contributed by atoms with E-state index in [1.807, 2.05) is 48.5 Å². The van der Waals surface area contributed by atoms with Crippen LogP contribution in [0.4, 0.5) is 0 Å². The Morgan fingerprint density at radius 1 is 0.920 bits per heavy atom. The fraction of sp³-hybridized carbons (Fsp3) is 0.222. The molecule has 0 radical (unpaired) electrons. The molecule has 7 heteroatoms. The highest BCUT2D eigenvalue weighted by Gasteiger charge is 1.96. The molecule has 0 amide bonds. The van der Waals surface area contributed by atoms with Crippen molar-refractivity contribution in [2.75, 3.05) is 11.6 Å². The SMILES string of the molecule is CC(=O)CCl.CC(=O)CSc1ccc(Br)cc1.Sc1ccc(Br)cc1. The molecule has 2 aromatic rings. The van der Waals surface area contributed by atoms with Crippen LogP contribution in [0.1, 0.15) is 13.8 Å². The maximum Gasteiger partial charge on any atom is 0.144 e. The molecule has 2 nitrogen and oxygen atoms in total. The lowest BCUT2D eigenvalue weighted by Gasteiger charge is -1.97. The molecule has 25 heavy (non-hydrogen) atoms. The standard InChI is InChI=1S/C9H9BrOS.C6H5BrS.C3H5ClO/c1-7(11)6-12-9-4-2-8(10)3-5-9;7-5-1-3-6(8)4-2-5;1-3(5)2-4/h2-5H,6H2,1H3;1-4,8H;2H2,1H3. The topological polar surface area (TPSA) is 34.1 Å². The Labute approximate surface area is 180 Å². The van der Waals surface area contributed by atoms with Gasteiger partial charge in [-0.3, -0.25) is 9.59 Å². The summed E-state index contributed by atoms with van der Waals surface area (Å²) in [5.41, 5.74) is 0. The van der Waals surface area contributed by atoms with Crippen molar-refractivity contribution < 1.29 is 9.59 Å². The molecule has 2 aromatic carbocycles. The maximum atomic E-state index is 10.7. The van der Waals surface area contributed by atoms with Gasteiger partial charge in [-0.05, 0) is 62.4 Å². The highest BCUT2D eigenvalue weighted by molar-refractivity contribution is 9.10. The zero-order valence-corrected chi connectivity index (χ0v) is 19.5. The van der Waals surface area contributed by atoms with Gasteiger partial charge in [-0.2, -0.15) is 0 Å². The van der Waals surface area contributed by atoms with Crippen molar-refractivity contribution in [2.45, 2.75) is 23.6 Å². The van der Waals surface area contributed by atoms with Crippen molar-refractivity contribution in [3.8, 4) is 0 Å². The van der Waals surface area contributed by atoms with Gasteiger partial charge in [-0.25, -0.2) is 0 Å². The van der Waals surface area contributed by atoms with Crippen molar-refractivity contribution in [1.29, 1.82) is 0 Å². The first-order valence-corrected chi connectivity index (χ1v) is 10.7. The maximum absolute atomic E-state index is 10.7. The van der Waals surface area contributed by atoms with Crippen LogP contribution in [-0.4, -0.2) is 23.2 Å². The van der Waals surface area contributed by atoms with Gasteiger partial charge in [-0.15, -0.1) is 36.0 Å². The normalized spacial score (nSPS) is 9.20. The Morgan fingerprint density at radius 3 is 1.64 bits per heavy atom. The van der Waals surface area contributed by atoms with Crippen molar-refractivity contribution in [3.63, 3.8) is 0 Å². The van der Waals surface area contributed by atoms with Gasteiger partial charge in [0.15, 0.2) is 0 Å². The zero-order valence-electron chi connectivity index (χ0n) is 13.8. The van der Waals surface area contributed by atoms with E-state index in [4.69, 9.17) is 11.6 Å². The van der Waals surface area contributed by atoms with E-state index in [0.717, 1.165) is 18.7 Å². The zero-order chi connectivity index (χ0) is 19.2. The number of carbonyl (C=O) groups excluding carboxylic acids is 2. The van der Waals surface area contributed by atoms with Crippen LogP contribution in [0.15, 0.2) is 67.3 Å². The summed E-state index contributed by atoms with van der Waals surface area (Å²) >= 11 is 17.3. The molecule has 0 atom stereocenters. The number of halogens is 3. The first-order valence-electron chi connectivity index (χ1n) is 7.12. The van der Waals surface area contributed by atoms with Crippen molar-refractivity contribution in [2.24, 2.45) is 0 Å². The van der Waals surface area contributed by atoms with Crippen LogP contribution < -0.4 is 0 Å². The molecule has 0 aliphatic carbocycles. The number of thiol groups is 1. The van der Waals surface area contributed by atoms with Gasteiger partial charge >= 0.3 is 0 Å². The Hall–Kier alpha value is -0.270. The van der Waals surface area contributed by atoms with E-state index >= 15 is 0 Å². The lowest BCUT2D eigenvalue weighted by atomic mass is 10.4. The fourth-order valence-electron chi connectivity index (χ4n) is 1.16. The van der Waals surface area contributed by atoms with E-state index in [1.54, 1.807) is 18.7 Å². The summed E-state index contributed by atoms with van der Waals surface area (Å²) in [5, 5.41) is 0. The quantitative estimate of drug-likeness (QED) is 0.274. The second kappa shape index (κ2) is 14.9. The molecule has 0 heterocycles. The number of hydrogen-bond acceptors (Lipinski definition) is 4. The van der Waals surface area contributed by atoms with Crippen molar-refractivity contribution >= 4 is 79.4 Å². The molecule has 0 aromatic heterocycles. The lowest BCUT2D eigenvalue weighted by molar-refractivity contribution is -0.115. The van der Waals surface area contributed by atoms with Gasteiger partial charge in [0.1, 0.15) is 11.6 Å². The minimum Gasteiger partial charge on any atom is -0.299 e. The summed E-state index contributed by atoms with van der Waals surface area (Å²) in [5.74, 6) is 0.927. The monoisotopic (exact) mass is 524 g/mol. The molecule has 0 unspecified atom stereocenters. The van der Waals surface area contributed by atoms with E-state index in [9.17, 15) is 9.59 Å². The molecule has 0 N–H and O–H groups in total. The molecular formula is C18H19Br2ClO2S2. The molecule has 2 rings (SSSR count). The number of rotatable bonds is 4. The van der Waals surface area contributed by atoms with Gasteiger partial charge < -0.3 is 0 Å². The number of benzene rings is 2. The Bertz CT molecular complexity index is 626. The predicted molar refractivity (Wildman–Crippen MR) is 118 cm³/mol. The molecule has 0 fully saturated rings. The van der Waals surface area contributed by atoms with Gasteiger partial charge in [0, 0.05) is 18.7 Å². The molecule has 136 valence electrons.